The Hall–Kier alpha value is -2.50. The van der Waals surface area contributed by atoms with Crippen molar-refractivity contribution in [3.8, 4) is 5.75 Å². The number of unbranched alkanes of at least 4 members (excludes halogenated alkanes) is 1. The molecule has 0 heterocycles. The number of hydrogen-bond donors (Lipinski definition) is 0. The zero-order valence-electron chi connectivity index (χ0n) is 16.7. The number of carbonyl (C=O) groups is 1. The lowest BCUT2D eigenvalue weighted by Crippen LogP contribution is -2.14. The fraction of sp³-hybridized carbons (Fsp3) is 0.381. The van der Waals surface area contributed by atoms with Gasteiger partial charge in [0.15, 0.2) is 5.78 Å². The van der Waals surface area contributed by atoms with Gasteiger partial charge in [0.05, 0.1) is 17.2 Å². The van der Waals surface area contributed by atoms with Crippen LogP contribution in [0.1, 0.15) is 39.5 Å². The standard InChI is InChI=1S/C21H26NO6P/c1-4-6-8-9-19-16(3)21(15-20(19)23)28-29(26,14-7-5-2)27-18-12-10-17(11-13-18)22(24)25/h4,6,8,10-13,21H,1,5,7,9,14-15H2,2-3H3/b8-6-/t21-,29?/m0/s1. The molecule has 0 saturated carbocycles. The van der Waals surface area contributed by atoms with Gasteiger partial charge in [0.25, 0.3) is 5.69 Å². The van der Waals surface area contributed by atoms with Crippen molar-refractivity contribution in [2.45, 2.75) is 45.6 Å². The van der Waals surface area contributed by atoms with Crippen molar-refractivity contribution in [1.29, 1.82) is 0 Å². The average molecular weight is 419 g/mol. The predicted octanol–water partition coefficient (Wildman–Crippen LogP) is 5.77. The van der Waals surface area contributed by atoms with Crippen LogP contribution in [0.15, 0.2) is 60.2 Å². The van der Waals surface area contributed by atoms with Gasteiger partial charge in [0.2, 0.25) is 0 Å². The minimum atomic E-state index is -3.56. The molecule has 0 spiro atoms. The third-order valence-electron chi connectivity index (χ3n) is 4.63. The zero-order valence-corrected chi connectivity index (χ0v) is 17.6. The van der Waals surface area contributed by atoms with Gasteiger partial charge < -0.3 is 4.52 Å². The summed E-state index contributed by atoms with van der Waals surface area (Å²) in [6.07, 6.45) is 6.87. The highest BCUT2D eigenvalue weighted by atomic mass is 31.2. The Morgan fingerprint density at radius 3 is 2.62 bits per heavy atom. The van der Waals surface area contributed by atoms with Gasteiger partial charge in [-0.3, -0.25) is 19.4 Å². The first-order chi connectivity index (χ1) is 13.8. The summed E-state index contributed by atoms with van der Waals surface area (Å²) >= 11 is 0. The lowest BCUT2D eigenvalue weighted by atomic mass is 10.1. The van der Waals surface area contributed by atoms with E-state index in [9.17, 15) is 19.5 Å². The molecule has 0 radical (unpaired) electrons. The predicted molar refractivity (Wildman–Crippen MR) is 112 cm³/mol. The molecule has 1 aliphatic carbocycles. The molecule has 0 bridgehead atoms. The molecule has 1 aliphatic rings. The van der Waals surface area contributed by atoms with E-state index in [-0.39, 0.29) is 29.8 Å². The van der Waals surface area contributed by atoms with Crippen LogP contribution in [0.5, 0.6) is 5.75 Å². The maximum absolute atomic E-state index is 13.4. The molecular formula is C21H26NO6P. The smallest absolute Gasteiger partial charge is 0.379 e. The number of nitro groups is 1. The molecule has 2 rings (SSSR count). The Bertz CT molecular complexity index is 872. The van der Waals surface area contributed by atoms with E-state index in [1.54, 1.807) is 12.2 Å². The number of nitro benzene ring substituents is 1. The fourth-order valence-electron chi connectivity index (χ4n) is 2.99. The number of rotatable bonds is 11. The maximum atomic E-state index is 13.4. The number of Topliss-reactive ketones (excluding diaryl/α,β-unsaturated/α-hetero) is 1. The van der Waals surface area contributed by atoms with E-state index >= 15 is 0 Å². The van der Waals surface area contributed by atoms with Crippen molar-refractivity contribution >= 4 is 19.1 Å². The summed E-state index contributed by atoms with van der Waals surface area (Å²) in [4.78, 5) is 22.6. The van der Waals surface area contributed by atoms with E-state index in [0.29, 0.717) is 18.4 Å². The van der Waals surface area contributed by atoms with Crippen LogP contribution >= 0.6 is 7.60 Å². The Morgan fingerprint density at radius 2 is 2.03 bits per heavy atom. The minimum Gasteiger partial charge on any atom is -0.424 e. The molecule has 0 aliphatic heterocycles. The highest BCUT2D eigenvalue weighted by Crippen LogP contribution is 2.52. The topological polar surface area (TPSA) is 95.7 Å². The summed E-state index contributed by atoms with van der Waals surface area (Å²) in [5.41, 5.74) is 1.33. The second-order valence-electron chi connectivity index (χ2n) is 6.78. The van der Waals surface area contributed by atoms with Crippen LogP contribution in [0.2, 0.25) is 0 Å². The Balaban J connectivity index is 2.19. The lowest BCUT2D eigenvalue weighted by molar-refractivity contribution is -0.384. The van der Waals surface area contributed by atoms with Gasteiger partial charge >= 0.3 is 7.60 Å². The lowest BCUT2D eigenvalue weighted by Gasteiger charge is -2.23. The summed E-state index contributed by atoms with van der Waals surface area (Å²) < 4.78 is 24.9. The molecule has 29 heavy (non-hydrogen) atoms. The van der Waals surface area contributed by atoms with Crippen molar-refractivity contribution < 1.29 is 23.3 Å². The fourth-order valence-corrected chi connectivity index (χ4v) is 4.99. The highest BCUT2D eigenvalue weighted by Gasteiger charge is 2.37. The number of nitrogens with zero attached hydrogens (tertiary/aromatic N) is 1. The number of hydrogen-bond acceptors (Lipinski definition) is 6. The van der Waals surface area contributed by atoms with Crippen LogP contribution < -0.4 is 4.52 Å². The van der Waals surface area contributed by atoms with Gasteiger partial charge in [-0.2, -0.15) is 0 Å². The van der Waals surface area contributed by atoms with Crippen LogP contribution in [-0.2, 0) is 13.9 Å². The normalized spacial score (nSPS) is 18.8. The summed E-state index contributed by atoms with van der Waals surface area (Å²) in [6.45, 7) is 7.38. The number of ketones is 1. The van der Waals surface area contributed by atoms with Gasteiger partial charge in [-0.1, -0.05) is 38.2 Å². The SMILES string of the molecule is C=C/C=C\CC1=C(C)[C@@H](OP(=O)(CCCC)Oc2ccc([N+](=O)[O-])cc2)CC1=O. The molecule has 0 aromatic heterocycles. The summed E-state index contributed by atoms with van der Waals surface area (Å²) in [5, 5.41) is 10.8. The van der Waals surface area contributed by atoms with Crippen molar-refractivity contribution in [1.82, 2.24) is 0 Å². The van der Waals surface area contributed by atoms with Crippen molar-refractivity contribution in [2.75, 3.05) is 6.16 Å². The molecule has 1 aromatic carbocycles. The van der Waals surface area contributed by atoms with E-state index in [1.165, 1.54) is 24.3 Å². The van der Waals surface area contributed by atoms with Crippen LogP contribution in [0.25, 0.3) is 0 Å². The number of allylic oxidation sites excluding steroid dienone is 4. The van der Waals surface area contributed by atoms with Gasteiger partial charge in [0, 0.05) is 24.1 Å². The molecule has 8 heteroatoms. The zero-order chi connectivity index (χ0) is 21.4. The van der Waals surface area contributed by atoms with Crippen LogP contribution in [0, 0.1) is 10.1 Å². The second kappa shape index (κ2) is 10.3. The van der Waals surface area contributed by atoms with Gasteiger partial charge in [-0.05, 0) is 37.5 Å². The molecule has 1 aromatic rings. The second-order valence-corrected chi connectivity index (χ2v) is 8.84. The van der Waals surface area contributed by atoms with Crippen LogP contribution in [0.3, 0.4) is 0 Å². The van der Waals surface area contributed by atoms with Crippen molar-refractivity contribution in [3.05, 3.63) is 70.3 Å². The maximum Gasteiger partial charge on any atom is 0.379 e. The Labute approximate surface area is 170 Å². The highest BCUT2D eigenvalue weighted by molar-refractivity contribution is 7.54. The van der Waals surface area contributed by atoms with E-state index in [2.05, 4.69) is 6.58 Å². The first kappa shape index (κ1) is 22.8. The minimum absolute atomic E-state index is 0.0291. The average Bonchev–Trinajstić information content (AvgIpc) is 2.94. The van der Waals surface area contributed by atoms with E-state index in [4.69, 9.17) is 9.05 Å². The van der Waals surface area contributed by atoms with Crippen LogP contribution in [0.4, 0.5) is 5.69 Å². The van der Waals surface area contributed by atoms with E-state index < -0.39 is 18.6 Å². The monoisotopic (exact) mass is 419 g/mol. The molecular weight excluding hydrogens is 393 g/mol. The molecule has 2 atom stereocenters. The number of benzene rings is 1. The third-order valence-corrected chi connectivity index (χ3v) is 6.55. The largest absolute Gasteiger partial charge is 0.424 e. The Kier molecular flexibility index (Phi) is 8.11. The van der Waals surface area contributed by atoms with E-state index in [1.807, 2.05) is 19.9 Å². The quantitative estimate of drug-likeness (QED) is 0.195. The van der Waals surface area contributed by atoms with Gasteiger partial charge in [-0.25, -0.2) is 4.57 Å². The summed E-state index contributed by atoms with van der Waals surface area (Å²) in [6, 6.07) is 5.36. The molecule has 1 unspecified atom stereocenters. The van der Waals surface area contributed by atoms with Crippen molar-refractivity contribution in [3.63, 3.8) is 0 Å². The molecule has 0 amide bonds. The molecule has 0 fully saturated rings. The first-order valence-corrected chi connectivity index (χ1v) is 11.2. The summed E-state index contributed by atoms with van der Waals surface area (Å²) in [5.74, 6) is 0.203. The third kappa shape index (κ3) is 6.24. The molecule has 156 valence electrons. The van der Waals surface area contributed by atoms with E-state index in [0.717, 1.165) is 12.0 Å². The molecule has 0 N–H and O–H groups in total. The van der Waals surface area contributed by atoms with Gasteiger partial charge in [0.1, 0.15) is 5.75 Å². The first-order valence-electron chi connectivity index (χ1n) is 9.51. The number of carbonyl (C=O) groups excluding carboxylic acids is 1. The molecule has 0 saturated heterocycles. The van der Waals surface area contributed by atoms with Gasteiger partial charge in [-0.15, -0.1) is 0 Å². The Morgan fingerprint density at radius 1 is 1.34 bits per heavy atom. The van der Waals surface area contributed by atoms with Crippen LogP contribution in [-0.4, -0.2) is 23.0 Å². The van der Waals surface area contributed by atoms with Crippen molar-refractivity contribution in [2.24, 2.45) is 0 Å². The molecule has 7 nitrogen and oxygen atoms in total. The summed E-state index contributed by atoms with van der Waals surface area (Å²) in [7, 11) is -3.56. The number of non-ortho nitro benzene ring substituents is 1.